The van der Waals surface area contributed by atoms with Crippen LogP contribution in [-0.2, 0) is 14.8 Å². The van der Waals surface area contributed by atoms with Gasteiger partial charge in [-0.1, -0.05) is 29.3 Å². The van der Waals surface area contributed by atoms with Gasteiger partial charge in [0.05, 0.1) is 28.8 Å². The molecule has 1 heterocycles. The smallest absolute Gasteiger partial charge is 0.255 e. The molecule has 3 rings (SSSR count). The van der Waals surface area contributed by atoms with Gasteiger partial charge in [-0.05, 0) is 42.8 Å². The van der Waals surface area contributed by atoms with Crippen LogP contribution in [0.3, 0.4) is 0 Å². The van der Waals surface area contributed by atoms with Gasteiger partial charge in [0.1, 0.15) is 0 Å². The second-order valence-corrected chi connectivity index (χ2v) is 8.83. The summed E-state index contributed by atoms with van der Waals surface area (Å²) in [7, 11) is -3.71. The molecule has 0 bridgehead atoms. The molecule has 0 aliphatic carbocycles. The number of aryl methyl sites for hydroxylation is 1. The van der Waals surface area contributed by atoms with Crippen molar-refractivity contribution in [1.29, 1.82) is 0 Å². The molecule has 1 N–H and O–H groups in total. The number of halogens is 2. The van der Waals surface area contributed by atoms with E-state index in [1.807, 2.05) is 0 Å². The number of hydrogen-bond donors (Lipinski definition) is 1. The Morgan fingerprint density at radius 3 is 2.48 bits per heavy atom. The second-order valence-electron chi connectivity index (χ2n) is 6.08. The molecule has 0 spiro atoms. The zero-order valence-electron chi connectivity index (χ0n) is 14.5. The van der Waals surface area contributed by atoms with E-state index in [4.69, 9.17) is 27.9 Å². The van der Waals surface area contributed by atoms with Crippen LogP contribution in [0.2, 0.25) is 10.0 Å². The first-order valence-corrected chi connectivity index (χ1v) is 10.4. The maximum atomic E-state index is 12.9. The highest BCUT2D eigenvalue weighted by atomic mass is 35.5. The minimum atomic E-state index is -3.71. The number of hydrogen-bond acceptors (Lipinski definition) is 4. The first-order chi connectivity index (χ1) is 12.8. The van der Waals surface area contributed by atoms with Crippen molar-refractivity contribution in [1.82, 2.24) is 4.31 Å². The lowest BCUT2D eigenvalue weighted by molar-refractivity contribution is 0.0730. The molecule has 2 aromatic carbocycles. The van der Waals surface area contributed by atoms with Crippen LogP contribution in [0.25, 0.3) is 0 Å². The molecule has 0 radical (unpaired) electrons. The van der Waals surface area contributed by atoms with Crippen molar-refractivity contribution in [2.45, 2.75) is 11.8 Å². The number of benzene rings is 2. The van der Waals surface area contributed by atoms with Gasteiger partial charge in [0.25, 0.3) is 5.91 Å². The van der Waals surface area contributed by atoms with Crippen LogP contribution in [-0.4, -0.2) is 44.9 Å². The molecule has 0 unspecified atom stereocenters. The molecule has 0 saturated carbocycles. The number of morpholine rings is 1. The molecule has 9 heteroatoms. The quantitative estimate of drug-likeness (QED) is 0.807. The first-order valence-electron chi connectivity index (χ1n) is 8.24. The molecular weight excluding hydrogens is 411 g/mol. The van der Waals surface area contributed by atoms with Crippen LogP contribution < -0.4 is 5.32 Å². The molecular formula is C18H18Cl2N2O4S. The van der Waals surface area contributed by atoms with E-state index in [1.165, 1.54) is 16.4 Å². The number of anilines is 1. The molecule has 1 amide bonds. The van der Waals surface area contributed by atoms with Crippen molar-refractivity contribution in [3.63, 3.8) is 0 Å². The zero-order chi connectivity index (χ0) is 19.6. The standard InChI is InChI=1S/C18H18Cl2N2O4S/c1-12-2-3-13(18(23)21-16-5-4-14(19)11-15(16)20)10-17(12)27(24,25)22-6-8-26-9-7-22/h2-5,10-11H,6-9H2,1H3,(H,21,23). The van der Waals surface area contributed by atoms with Crippen molar-refractivity contribution in [2.75, 3.05) is 31.6 Å². The van der Waals surface area contributed by atoms with Gasteiger partial charge in [-0.15, -0.1) is 0 Å². The predicted molar refractivity (Wildman–Crippen MR) is 105 cm³/mol. The van der Waals surface area contributed by atoms with Crippen LogP contribution in [0.15, 0.2) is 41.3 Å². The number of amides is 1. The minimum absolute atomic E-state index is 0.110. The minimum Gasteiger partial charge on any atom is -0.379 e. The normalized spacial score (nSPS) is 15.5. The summed E-state index contributed by atoms with van der Waals surface area (Å²) >= 11 is 11.9. The SMILES string of the molecule is Cc1ccc(C(=O)Nc2ccc(Cl)cc2Cl)cc1S(=O)(=O)N1CCOCC1. The fraction of sp³-hybridized carbons (Fsp3) is 0.278. The molecule has 0 atom stereocenters. The van der Waals surface area contributed by atoms with E-state index in [9.17, 15) is 13.2 Å². The molecule has 2 aromatic rings. The summed E-state index contributed by atoms with van der Waals surface area (Å²) in [6.45, 7) is 2.99. The van der Waals surface area contributed by atoms with Gasteiger partial charge in [-0.25, -0.2) is 8.42 Å². The average Bonchev–Trinajstić information content (AvgIpc) is 2.65. The molecule has 27 heavy (non-hydrogen) atoms. The molecule has 144 valence electrons. The first kappa shape index (κ1) is 20.1. The Morgan fingerprint density at radius 1 is 1.11 bits per heavy atom. The second kappa shape index (κ2) is 8.16. The Balaban J connectivity index is 1.89. The number of carbonyl (C=O) groups is 1. The van der Waals surface area contributed by atoms with Crippen molar-refractivity contribution < 1.29 is 17.9 Å². The lowest BCUT2D eigenvalue weighted by atomic mass is 10.1. The molecule has 1 fully saturated rings. The van der Waals surface area contributed by atoms with Crippen molar-refractivity contribution >= 4 is 44.8 Å². The molecule has 6 nitrogen and oxygen atoms in total. The van der Waals surface area contributed by atoms with E-state index in [0.29, 0.717) is 47.6 Å². The number of rotatable bonds is 4. The predicted octanol–water partition coefficient (Wildman–Crippen LogP) is 3.58. The Labute approximate surface area is 168 Å². The van der Waals surface area contributed by atoms with Gasteiger partial charge in [0.15, 0.2) is 0 Å². The fourth-order valence-electron chi connectivity index (χ4n) is 2.73. The van der Waals surface area contributed by atoms with Gasteiger partial charge < -0.3 is 10.1 Å². The molecule has 1 aliphatic rings. The largest absolute Gasteiger partial charge is 0.379 e. The zero-order valence-corrected chi connectivity index (χ0v) is 16.9. The molecule has 1 aliphatic heterocycles. The van der Waals surface area contributed by atoms with E-state index in [1.54, 1.807) is 31.2 Å². The van der Waals surface area contributed by atoms with Crippen molar-refractivity contribution in [2.24, 2.45) is 0 Å². The molecule has 1 saturated heterocycles. The number of carbonyl (C=O) groups excluding carboxylic acids is 1. The highest BCUT2D eigenvalue weighted by Gasteiger charge is 2.28. The highest BCUT2D eigenvalue weighted by Crippen LogP contribution is 2.27. The van der Waals surface area contributed by atoms with Gasteiger partial charge in [0, 0.05) is 23.7 Å². The van der Waals surface area contributed by atoms with E-state index in [2.05, 4.69) is 5.32 Å². The third kappa shape index (κ3) is 4.44. The third-order valence-electron chi connectivity index (χ3n) is 4.22. The average molecular weight is 429 g/mol. The lowest BCUT2D eigenvalue weighted by Gasteiger charge is -2.26. The summed E-state index contributed by atoms with van der Waals surface area (Å²) in [6, 6.07) is 9.29. The summed E-state index contributed by atoms with van der Waals surface area (Å²) < 4.78 is 32.5. The number of ether oxygens (including phenoxy) is 1. The van der Waals surface area contributed by atoms with Gasteiger partial charge in [-0.3, -0.25) is 4.79 Å². The maximum absolute atomic E-state index is 12.9. The van der Waals surface area contributed by atoms with E-state index >= 15 is 0 Å². The third-order valence-corrected chi connectivity index (χ3v) is 6.81. The molecule has 0 aromatic heterocycles. The van der Waals surface area contributed by atoms with Crippen LogP contribution in [0, 0.1) is 6.92 Å². The maximum Gasteiger partial charge on any atom is 0.255 e. The number of nitrogens with one attached hydrogen (secondary N) is 1. The Hall–Kier alpha value is -1.64. The number of sulfonamides is 1. The highest BCUT2D eigenvalue weighted by molar-refractivity contribution is 7.89. The Bertz CT molecular complexity index is 973. The fourth-order valence-corrected chi connectivity index (χ4v) is 4.85. The Morgan fingerprint density at radius 2 is 1.81 bits per heavy atom. The van der Waals surface area contributed by atoms with Crippen LogP contribution in [0.5, 0.6) is 0 Å². The lowest BCUT2D eigenvalue weighted by Crippen LogP contribution is -2.40. The summed E-state index contributed by atoms with van der Waals surface area (Å²) in [4.78, 5) is 12.7. The summed E-state index contributed by atoms with van der Waals surface area (Å²) in [5.74, 6) is -0.461. The van der Waals surface area contributed by atoms with Gasteiger partial charge in [0.2, 0.25) is 10.0 Å². The summed E-state index contributed by atoms with van der Waals surface area (Å²) in [6.07, 6.45) is 0. The van der Waals surface area contributed by atoms with E-state index in [0.717, 1.165) is 0 Å². The van der Waals surface area contributed by atoms with Crippen molar-refractivity contribution in [3.8, 4) is 0 Å². The van der Waals surface area contributed by atoms with Gasteiger partial charge >= 0.3 is 0 Å². The van der Waals surface area contributed by atoms with E-state index in [-0.39, 0.29) is 10.5 Å². The summed E-state index contributed by atoms with van der Waals surface area (Å²) in [5, 5.41) is 3.42. The van der Waals surface area contributed by atoms with Crippen LogP contribution in [0.4, 0.5) is 5.69 Å². The summed E-state index contributed by atoms with van der Waals surface area (Å²) in [5.41, 5.74) is 1.19. The number of nitrogens with zero attached hydrogens (tertiary/aromatic N) is 1. The topological polar surface area (TPSA) is 75.7 Å². The monoisotopic (exact) mass is 428 g/mol. The Kier molecular flexibility index (Phi) is 6.08. The van der Waals surface area contributed by atoms with Gasteiger partial charge in [-0.2, -0.15) is 4.31 Å². The van der Waals surface area contributed by atoms with E-state index < -0.39 is 15.9 Å². The van der Waals surface area contributed by atoms with Crippen LogP contribution in [0.1, 0.15) is 15.9 Å². The van der Waals surface area contributed by atoms with Crippen molar-refractivity contribution in [3.05, 3.63) is 57.6 Å². The van der Waals surface area contributed by atoms with Crippen LogP contribution >= 0.6 is 23.2 Å².